The predicted octanol–water partition coefficient (Wildman–Crippen LogP) is 1.72. The number of halogens is 2. The zero-order valence-electron chi connectivity index (χ0n) is 8.81. The first-order valence-corrected chi connectivity index (χ1v) is 5.46. The summed E-state index contributed by atoms with van der Waals surface area (Å²) in [4.78, 5) is 1.87. The summed E-state index contributed by atoms with van der Waals surface area (Å²) in [5.74, 6) is 0. The van der Waals surface area contributed by atoms with E-state index in [1.807, 2.05) is 11.8 Å². The molecule has 1 aliphatic rings. The van der Waals surface area contributed by atoms with Gasteiger partial charge >= 0.3 is 0 Å². The molecule has 2 nitrogen and oxygen atoms in total. The van der Waals surface area contributed by atoms with Crippen LogP contribution in [0, 0.1) is 0 Å². The zero-order chi connectivity index (χ0) is 10.4. The second-order valence-corrected chi connectivity index (χ2v) is 3.94. The first-order valence-electron chi connectivity index (χ1n) is 5.46. The number of hydrogen-bond donors (Lipinski definition) is 1. The van der Waals surface area contributed by atoms with Crippen LogP contribution in [0.15, 0.2) is 0 Å². The normalized spacial score (nSPS) is 22.5. The van der Waals surface area contributed by atoms with E-state index in [4.69, 9.17) is 0 Å². The summed E-state index contributed by atoms with van der Waals surface area (Å²) in [7, 11) is 0. The summed E-state index contributed by atoms with van der Waals surface area (Å²) < 4.78 is 24.4. The van der Waals surface area contributed by atoms with Crippen molar-refractivity contribution >= 4 is 0 Å². The largest absolute Gasteiger partial charge is 0.313 e. The van der Waals surface area contributed by atoms with Crippen molar-refractivity contribution in [1.82, 2.24) is 10.2 Å². The van der Waals surface area contributed by atoms with Crippen LogP contribution < -0.4 is 5.32 Å². The molecule has 4 heteroatoms. The monoisotopic (exact) mass is 206 g/mol. The molecular weight excluding hydrogens is 186 g/mol. The molecule has 0 bridgehead atoms. The van der Waals surface area contributed by atoms with Gasteiger partial charge in [0, 0.05) is 12.6 Å². The Labute approximate surface area is 84.7 Å². The summed E-state index contributed by atoms with van der Waals surface area (Å²) in [5.41, 5.74) is 0. The van der Waals surface area contributed by atoms with E-state index in [1.54, 1.807) is 0 Å². The van der Waals surface area contributed by atoms with Gasteiger partial charge in [0.15, 0.2) is 0 Å². The Bertz CT molecular complexity index is 147. The zero-order valence-corrected chi connectivity index (χ0v) is 8.81. The van der Waals surface area contributed by atoms with E-state index < -0.39 is 6.43 Å². The Kier molecular flexibility index (Phi) is 5.33. The third-order valence-corrected chi connectivity index (χ3v) is 2.58. The fraction of sp³-hybridized carbons (Fsp3) is 1.00. The summed E-state index contributed by atoms with van der Waals surface area (Å²) >= 11 is 0. The van der Waals surface area contributed by atoms with Crippen LogP contribution in [0.1, 0.15) is 26.2 Å². The fourth-order valence-corrected chi connectivity index (χ4v) is 1.99. The molecule has 1 unspecified atom stereocenters. The average molecular weight is 206 g/mol. The summed E-state index contributed by atoms with van der Waals surface area (Å²) in [5, 5.41) is 3.33. The highest BCUT2D eigenvalue weighted by Gasteiger charge is 2.19. The molecule has 1 saturated heterocycles. The highest BCUT2D eigenvalue weighted by Crippen LogP contribution is 2.08. The van der Waals surface area contributed by atoms with Gasteiger partial charge in [-0.05, 0) is 32.4 Å². The van der Waals surface area contributed by atoms with Gasteiger partial charge in [0.1, 0.15) is 0 Å². The second-order valence-electron chi connectivity index (χ2n) is 3.94. The number of rotatable bonds is 6. The molecule has 0 radical (unpaired) electrons. The van der Waals surface area contributed by atoms with E-state index in [2.05, 4.69) is 5.32 Å². The average Bonchev–Trinajstić information content (AvgIpc) is 2.56. The molecule has 0 amide bonds. The molecule has 1 fully saturated rings. The quantitative estimate of drug-likeness (QED) is 0.712. The standard InChI is InChI=1S/C10H20F2N2/c1-2-6-14(8-10(11)12)7-9-4-3-5-13-9/h9-10,13H,2-8H2,1H3. The lowest BCUT2D eigenvalue weighted by Crippen LogP contribution is -2.40. The third kappa shape index (κ3) is 4.33. The molecule has 14 heavy (non-hydrogen) atoms. The maximum absolute atomic E-state index is 12.2. The van der Waals surface area contributed by atoms with E-state index in [0.717, 1.165) is 32.5 Å². The summed E-state index contributed by atoms with van der Waals surface area (Å²) in [6, 6.07) is 0.431. The van der Waals surface area contributed by atoms with E-state index in [-0.39, 0.29) is 6.54 Å². The smallest absolute Gasteiger partial charge is 0.251 e. The number of hydrogen-bond acceptors (Lipinski definition) is 2. The van der Waals surface area contributed by atoms with Crippen LogP contribution in [-0.2, 0) is 0 Å². The van der Waals surface area contributed by atoms with E-state index in [1.165, 1.54) is 6.42 Å². The molecule has 0 aromatic carbocycles. The van der Waals surface area contributed by atoms with Crippen LogP contribution >= 0.6 is 0 Å². The molecule has 0 saturated carbocycles. The lowest BCUT2D eigenvalue weighted by atomic mass is 10.2. The van der Waals surface area contributed by atoms with Crippen molar-refractivity contribution < 1.29 is 8.78 Å². The topological polar surface area (TPSA) is 15.3 Å². The Morgan fingerprint density at radius 2 is 2.29 bits per heavy atom. The van der Waals surface area contributed by atoms with Crippen LogP contribution in [0.25, 0.3) is 0 Å². The Morgan fingerprint density at radius 3 is 2.79 bits per heavy atom. The molecule has 1 rings (SSSR count). The predicted molar refractivity (Wildman–Crippen MR) is 53.8 cm³/mol. The summed E-state index contributed by atoms with van der Waals surface area (Å²) in [6.45, 7) is 4.55. The highest BCUT2D eigenvalue weighted by molar-refractivity contribution is 4.78. The van der Waals surface area contributed by atoms with Crippen LogP contribution in [0.4, 0.5) is 8.78 Å². The molecule has 1 heterocycles. The highest BCUT2D eigenvalue weighted by atomic mass is 19.3. The molecule has 0 spiro atoms. The number of alkyl halides is 2. The van der Waals surface area contributed by atoms with Gasteiger partial charge in [0.05, 0.1) is 6.54 Å². The van der Waals surface area contributed by atoms with E-state index >= 15 is 0 Å². The van der Waals surface area contributed by atoms with Crippen molar-refractivity contribution in [2.45, 2.75) is 38.7 Å². The lowest BCUT2D eigenvalue weighted by molar-refractivity contribution is 0.0841. The van der Waals surface area contributed by atoms with Gasteiger partial charge in [0.2, 0.25) is 0 Å². The van der Waals surface area contributed by atoms with Crippen LogP contribution in [0.5, 0.6) is 0 Å². The molecule has 0 aliphatic carbocycles. The molecule has 1 atom stereocenters. The maximum Gasteiger partial charge on any atom is 0.251 e. The first kappa shape index (κ1) is 11.9. The SMILES string of the molecule is CCCN(CC(F)F)CC1CCCN1. The lowest BCUT2D eigenvalue weighted by Gasteiger charge is -2.24. The molecule has 0 aromatic rings. The van der Waals surface area contributed by atoms with Gasteiger partial charge < -0.3 is 5.32 Å². The van der Waals surface area contributed by atoms with Gasteiger partial charge in [0.25, 0.3) is 6.43 Å². The second kappa shape index (κ2) is 6.30. The molecule has 0 aromatic heterocycles. The van der Waals surface area contributed by atoms with Crippen LogP contribution in [0.2, 0.25) is 0 Å². The maximum atomic E-state index is 12.2. The van der Waals surface area contributed by atoms with Gasteiger partial charge in [-0.15, -0.1) is 0 Å². The molecule has 1 aliphatic heterocycles. The minimum absolute atomic E-state index is 0.0774. The fourth-order valence-electron chi connectivity index (χ4n) is 1.99. The van der Waals surface area contributed by atoms with Crippen molar-refractivity contribution in [3.63, 3.8) is 0 Å². The summed E-state index contributed by atoms with van der Waals surface area (Å²) in [6.07, 6.45) is 1.05. The van der Waals surface area contributed by atoms with Crippen molar-refractivity contribution in [2.75, 3.05) is 26.2 Å². The van der Waals surface area contributed by atoms with Gasteiger partial charge in [-0.2, -0.15) is 0 Å². The van der Waals surface area contributed by atoms with E-state index in [0.29, 0.717) is 6.04 Å². The number of nitrogens with zero attached hydrogens (tertiary/aromatic N) is 1. The van der Waals surface area contributed by atoms with Crippen molar-refractivity contribution in [1.29, 1.82) is 0 Å². The van der Waals surface area contributed by atoms with Crippen LogP contribution in [0.3, 0.4) is 0 Å². The Morgan fingerprint density at radius 1 is 1.50 bits per heavy atom. The minimum Gasteiger partial charge on any atom is -0.313 e. The third-order valence-electron chi connectivity index (χ3n) is 2.58. The Balaban J connectivity index is 2.25. The Hall–Kier alpha value is -0.220. The van der Waals surface area contributed by atoms with Gasteiger partial charge in [-0.25, -0.2) is 8.78 Å². The minimum atomic E-state index is -2.21. The number of nitrogens with one attached hydrogen (secondary N) is 1. The van der Waals surface area contributed by atoms with Crippen molar-refractivity contribution in [3.8, 4) is 0 Å². The first-order chi connectivity index (χ1) is 6.72. The molecule has 84 valence electrons. The molecular formula is C10H20F2N2. The molecule has 1 N–H and O–H groups in total. The van der Waals surface area contributed by atoms with E-state index in [9.17, 15) is 8.78 Å². The van der Waals surface area contributed by atoms with Crippen LogP contribution in [-0.4, -0.2) is 43.5 Å². The van der Waals surface area contributed by atoms with Gasteiger partial charge in [-0.1, -0.05) is 6.92 Å². The van der Waals surface area contributed by atoms with Crippen molar-refractivity contribution in [2.24, 2.45) is 0 Å². The van der Waals surface area contributed by atoms with Gasteiger partial charge in [-0.3, -0.25) is 4.90 Å². The van der Waals surface area contributed by atoms with Crippen molar-refractivity contribution in [3.05, 3.63) is 0 Å².